The fourth-order valence-electron chi connectivity index (χ4n) is 0.804. The predicted octanol–water partition coefficient (Wildman–Crippen LogP) is 2.91. The molecule has 1 rings (SSSR count). The van der Waals surface area contributed by atoms with E-state index in [-0.39, 0.29) is 0 Å². The van der Waals surface area contributed by atoms with E-state index in [1.165, 1.54) is 0 Å². The van der Waals surface area contributed by atoms with Gasteiger partial charge < -0.3 is 5.21 Å². The second kappa shape index (κ2) is 4.48. The molecule has 0 unspecified atom stereocenters. The van der Waals surface area contributed by atoms with Gasteiger partial charge in [-0.2, -0.15) is 0 Å². The molecule has 0 radical (unpaired) electrons. The molecule has 0 aliphatic heterocycles. The Morgan fingerprint density at radius 2 is 2.00 bits per heavy atom. The second-order valence-electron chi connectivity index (χ2n) is 2.19. The van der Waals surface area contributed by atoms with Crippen LogP contribution in [0.25, 0.3) is 0 Å². The van der Waals surface area contributed by atoms with Crippen molar-refractivity contribution in [2.45, 2.75) is 0 Å². The van der Waals surface area contributed by atoms with Crippen molar-refractivity contribution in [3.63, 3.8) is 0 Å². The molecule has 1 N–H and O–H groups in total. The number of rotatable bonds is 2. The van der Waals surface area contributed by atoms with E-state index in [4.69, 9.17) is 16.8 Å². The Labute approximate surface area is 84.0 Å². The highest BCUT2D eigenvalue weighted by molar-refractivity contribution is 9.09. The number of nitrogens with zero attached hydrogens (tertiary/aromatic N) is 1. The Hall–Kier alpha value is -0.540. The number of alkyl halides is 1. The Morgan fingerprint density at radius 1 is 1.42 bits per heavy atom. The van der Waals surface area contributed by atoms with Crippen LogP contribution in [-0.2, 0) is 0 Å². The van der Waals surface area contributed by atoms with Crippen molar-refractivity contribution in [3.05, 3.63) is 34.9 Å². The van der Waals surface area contributed by atoms with Crippen molar-refractivity contribution < 1.29 is 5.21 Å². The van der Waals surface area contributed by atoms with E-state index in [1.807, 2.05) is 0 Å². The Kier molecular flexibility index (Phi) is 3.56. The quantitative estimate of drug-likeness (QED) is 0.371. The molecule has 0 saturated carbocycles. The monoisotopic (exact) mass is 247 g/mol. The van der Waals surface area contributed by atoms with Crippen LogP contribution in [0, 0.1) is 0 Å². The van der Waals surface area contributed by atoms with Crippen LogP contribution in [0.5, 0.6) is 0 Å². The minimum atomic E-state index is 0.519. The topological polar surface area (TPSA) is 32.6 Å². The molecule has 0 atom stereocenters. The summed E-state index contributed by atoms with van der Waals surface area (Å²) >= 11 is 8.90. The third-order valence-corrected chi connectivity index (χ3v) is 2.21. The minimum absolute atomic E-state index is 0.519. The Bertz CT molecular complexity index is 284. The lowest BCUT2D eigenvalue weighted by Crippen LogP contribution is -2.01. The number of hydrogen-bond acceptors (Lipinski definition) is 2. The first-order valence-electron chi connectivity index (χ1n) is 3.30. The zero-order valence-electron chi connectivity index (χ0n) is 6.17. The van der Waals surface area contributed by atoms with Gasteiger partial charge in [0.05, 0.1) is 5.71 Å². The fourth-order valence-corrected chi connectivity index (χ4v) is 1.37. The van der Waals surface area contributed by atoms with E-state index in [0.717, 1.165) is 5.56 Å². The molecule has 0 spiro atoms. The van der Waals surface area contributed by atoms with Crippen molar-refractivity contribution in [1.29, 1.82) is 0 Å². The minimum Gasteiger partial charge on any atom is -0.411 e. The standard InChI is InChI=1S/C8H7BrClNO/c9-5-8(11-12)6-1-3-7(10)4-2-6/h1-4,12H,5H2/b11-8+. The Balaban J connectivity index is 2.96. The molecule has 64 valence electrons. The zero-order chi connectivity index (χ0) is 8.97. The zero-order valence-corrected chi connectivity index (χ0v) is 8.51. The normalized spacial score (nSPS) is 11.7. The number of halogens is 2. The summed E-state index contributed by atoms with van der Waals surface area (Å²) in [6, 6.07) is 7.12. The van der Waals surface area contributed by atoms with Crippen LogP contribution in [0.3, 0.4) is 0 Å². The third kappa shape index (κ3) is 2.22. The van der Waals surface area contributed by atoms with Gasteiger partial charge in [-0.3, -0.25) is 0 Å². The van der Waals surface area contributed by atoms with Gasteiger partial charge in [0.2, 0.25) is 0 Å². The van der Waals surface area contributed by atoms with Gasteiger partial charge in [0.1, 0.15) is 0 Å². The summed E-state index contributed by atoms with van der Waals surface area (Å²) < 4.78 is 0. The molecule has 1 aromatic rings. The molecule has 0 aromatic heterocycles. The lowest BCUT2D eigenvalue weighted by Gasteiger charge is -1.99. The molecular formula is C8H7BrClNO. The van der Waals surface area contributed by atoms with Crippen LogP contribution in [0.1, 0.15) is 5.56 Å². The van der Waals surface area contributed by atoms with E-state index in [9.17, 15) is 0 Å². The highest BCUT2D eigenvalue weighted by Crippen LogP contribution is 2.11. The Morgan fingerprint density at radius 3 is 2.42 bits per heavy atom. The molecule has 2 nitrogen and oxygen atoms in total. The van der Waals surface area contributed by atoms with Crippen LogP contribution < -0.4 is 0 Å². The maximum atomic E-state index is 8.57. The smallest absolute Gasteiger partial charge is 0.0973 e. The van der Waals surface area contributed by atoms with Gasteiger partial charge in [-0.15, -0.1) is 0 Å². The van der Waals surface area contributed by atoms with Gasteiger partial charge in [-0.1, -0.05) is 44.8 Å². The first kappa shape index (κ1) is 9.55. The molecule has 4 heteroatoms. The molecule has 0 fully saturated rings. The summed E-state index contributed by atoms with van der Waals surface area (Å²) in [6.07, 6.45) is 0. The predicted molar refractivity (Wildman–Crippen MR) is 53.6 cm³/mol. The van der Waals surface area contributed by atoms with Crippen molar-refractivity contribution >= 4 is 33.2 Å². The van der Waals surface area contributed by atoms with Crippen LogP contribution in [0.2, 0.25) is 5.02 Å². The average Bonchev–Trinajstić information content (AvgIpc) is 2.10. The maximum absolute atomic E-state index is 8.57. The molecule has 0 heterocycles. The summed E-state index contributed by atoms with van der Waals surface area (Å²) in [5.74, 6) is 0. The van der Waals surface area contributed by atoms with Gasteiger partial charge in [0.25, 0.3) is 0 Å². The molecular weight excluding hydrogens is 241 g/mol. The van der Waals surface area contributed by atoms with Gasteiger partial charge in [-0.25, -0.2) is 0 Å². The lowest BCUT2D eigenvalue weighted by molar-refractivity contribution is 0.319. The number of hydrogen-bond donors (Lipinski definition) is 1. The fraction of sp³-hybridized carbons (Fsp3) is 0.125. The van der Waals surface area contributed by atoms with Gasteiger partial charge in [0.15, 0.2) is 0 Å². The third-order valence-electron chi connectivity index (χ3n) is 1.42. The van der Waals surface area contributed by atoms with E-state index in [1.54, 1.807) is 24.3 Å². The van der Waals surface area contributed by atoms with Gasteiger partial charge >= 0.3 is 0 Å². The second-order valence-corrected chi connectivity index (χ2v) is 3.18. The van der Waals surface area contributed by atoms with Gasteiger partial charge in [0, 0.05) is 15.9 Å². The molecule has 0 bridgehead atoms. The molecule has 12 heavy (non-hydrogen) atoms. The summed E-state index contributed by atoms with van der Waals surface area (Å²) in [6.45, 7) is 0. The molecule has 0 aliphatic carbocycles. The van der Waals surface area contributed by atoms with Crippen LogP contribution in [-0.4, -0.2) is 16.2 Å². The van der Waals surface area contributed by atoms with Crippen LogP contribution in [0.4, 0.5) is 0 Å². The summed E-state index contributed by atoms with van der Waals surface area (Å²) in [4.78, 5) is 0. The van der Waals surface area contributed by atoms with E-state index >= 15 is 0 Å². The van der Waals surface area contributed by atoms with E-state index in [2.05, 4.69) is 21.1 Å². The first-order chi connectivity index (χ1) is 5.77. The largest absolute Gasteiger partial charge is 0.411 e. The summed E-state index contributed by atoms with van der Waals surface area (Å²) in [7, 11) is 0. The molecule has 0 amide bonds. The van der Waals surface area contributed by atoms with Crippen molar-refractivity contribution in [2.24, 2.45) is 5.16 Å². The first-order valence-corrected chi connectivity index (χ1v) is 4.80. The molecule has 1 aromatic carbocycles. The number of benzene rings is 1. The summed E-state index contributed by atoms with van der Waals surface area (Å²) in [5, 5.41) is 12.9. The van der Waals surface area contributed by atoms with Crippen molar-refractivity contribution in [3.8, 4) is 0 Å². The molecule has 0 aliphatic rings. The van der Waals surface area contributed by atoms with Crippen LogP contribution >= 0.6 is 27.5 Å². The molecule has 0 saturated heterocycles. The van der Waals surface area contributed by atoms with E-state index < -0.39 is 0 Å². The highest BCUT2D eigenvalue weighted by Gasteiger charge is 2.00. The lowest BCUT2D eigenvalue weighted by atomic mass is 10.1. The highest BCUT2D eigenvalue weighted by atomic mass is 79.9. The SMILES string of the molecule is O/N=C(\CBr)c1ccc(Cl)cc1. The van der Waals surface area contributed by atoms with Crippen molar-refractivity contribution in [1.82, 2.24) is 0 Å². The van der Waals surface area contributed by atoms with E-state index in [0.29, 0.717) is 16.1 Å². The van der Waals surface area contributed by atoms with Gasteiger partial charge in [-0.05, 0) is 12.1 Å². The van der Waals surface area contributed by atoms with Crippen molar-refractivity contribution in [2.75, 3.05) is 5.33 Å². The summed E-state index contributed by atoms with van der Waals surface area (Å²) in [5.41, 5.74) is 1.45. The maximum Gasteiger partial charge on any atom is 0.0973 e. The van der Waals surface area contributed by atoms with Crippen LogP contribution in [0.15, 0.2) is 29.4 Å². The average molecular weight is 249 g/mol. The number of oxime groups is 1.